The fraction of sp³-hybridized carbons (Fsp3) is 0.900. The van der Waals surface area contributed by atoms with Crippen LogP contribution in [0.25, 0.3) is 0 Å². The highest BCUT2D eigenvalue weighted by Crippen LogP contribution is 2.22. The molecule has 20 heavy (non-hydrogen) atoms. The Kier molecular flexibility index (Phi) is 7.26. The molecule has 0 heterocycles. The second kappa shape index (κ2) is 8.12. The number of hydrogen-bond acceptors (Lipinski definition) is 7. The van der Waals surface area contributed by atoms with Crippen molar-refractivity contribution in [1.29, 1.82) is 0 Å². The van der Waals surface area contributed by atoms with Crippen molar-refractivity contribution >= 4 is 6.29 Å². The first-order valence-corrected chi connectivity index (χ1v) is 6.23. The Morgan fingerprint density at radius 3 is 1.85 bits per heavy atom. The summed E-state index contributed by atoms with van der Waals surface area (Å²) in [6, 6.07) is -2.16. The van der Waals surface area contributed by atoms with E-state index in [0.29, 0.717) is 6.42 Å². The first kappa shape index (κ1) is 17.9. The van der Waals surface area contributed by atoms with Gasteiger partial charge in [0, 0.05) is 11.3 Å². The summed E-state index contributed by atoms with van der Waals surface area (Å²) in [5.74, 6) is 0. The Labute approximate surface area is 114 Å². The molecule has 0 amide bonds. The first-order valence-electron chi connectivity index (χ1n) is 6.23. The standard InChI is InChI=1S/C10H17N3O7/c1-2-3-4-5-6-7-9(11(15)16)10(8-14,12(17)18)13(19)20/h8-9H,2-7H2,1H3. The molecule has 0 radical (unpaired) electrons. The Hall–Kier alpha value is -2.13. The summed E-state index contributed by atoms with van der Waals surface area (Å²) in [7, 11) is 0. The molecule has 0 saturated heterocycles. The lowest BCUT2D eigenvalue weighted by atomic mass is 9.97. The monoisotopic (exact) mass is 291 g/mol. The van der Waals surface area contributed by atoms with Crippen LogP contribution in [0.1, 0.15) is 45.4 Å². The van der Waals surface area contributed by atoms with Crippen molar-refractivity contribution in [3.63, 3.8) is 0 Å². The highest BCUT2D eigenvalue weighted by atomic mass is 16.7. The lowest BCUT2D eigenvalue weighted by Gasteiger charge is -2.15. The predicted molar refractivity (Wildman–Crippen MR) is 66.9 cm³/mol. The fourth-order valence-corrected chi connectivity index (χ4v) is 1.89. The van der Waals surface area contributed by atoms with Gasteiger partial charge >= 0.3 is 11.7 Å². The molecule has 114 valence electrons. The molecule has 0 aromatic rings. The topological polar surface area (TPSA) is 146 Å². The number of unbranched alkanes of at least 4 members (excludes halogenated alkanes) is 4. The largest absolute Gasteiger partial charge is 0.577 e. The van der Waals surface area contributed by atoms with Gasteiger partial charge in [-0.2, -0.15) is 0 Å². The Balaban J connectivity index is 5.03. The summed E-state index contributed by atoms with van der Waals surface area (Å²) in [6.07, 6.45) is 2.51. The van der Waals surface area contributed by atoms with Crippen molar-refractivity contribution in [3.05, 3.63) is 30.3 Å². The molecule has 10 nitrogen and oxygen atoms in total. The lowest BCUT2D eigenvalue weighted by Crippen LogP contribution is -2.60. The van der Waals surface area contributed by atoms with Gasteiger partial charge in [0.1, 0.15) is 9.85 Å². The Morgan fingerprint density at radius 1 is 1.00 bits per heavy atom. The van der Waals surface area contributed by atoms with Gasteiger partial charge in [-0.15, -0.1) is 0 Å². The molecule has 0 saturated carbocycles. The normalized spacial score (nSPS) is 12.7. The minimum atomic E-state index is -3.41. The quantitative estimate of drug-likeness (QED) is 0.184. The molecular weight excluding hydrogens is 274 g/mol. The molecule has 0 spiro atoms. The highest BCUT2D eigenvalue weighted by molar-refractivity contribution is 5.60. The summed E-state index contributed by atoms with van der Waals surface area (Å²) in [5, 5.41) is 32.5. The molecule has 0 aliphatic carbocycles. The Morgan fingerprint density at radius 2 is 1.50 bits per heavy atom. The summed E-state index contributed by atoms with van der Waals surface area (Å²) in [6.45, 7) is 1.97. The molecular formula is C10H17N3O7. The van der Waals surface area contributed by atoms with Gasteiger partial charge in [0.15, 0.2) is 0 Å². The van der Waals surface area contributed by atoms with Crippen LogP contribution in [-0.4, -0.2) is 32.8 Å². The van der Waals surface area contributed by atoms with Crippen LogP contribution in [-0.2, 0) is 4.79 Å². The van der Waals surface area contributed by atoms with E-state index in [9.17, 15) is 35.1 Å². The zero-order valence-electron chi connectivity index (χ0n) is 11.1. The average molecular weight is 291 g/mol. The van der Waals surface area contributed by atoms with E-state index in [-0.39, 0.29) is 12.8 Å². The Bertz CT molecular complexity index is 371. The number of carbonyl (C=O) groups excluding carboxylic acids is 1. The third kappa shape index (κ3) is 3.93. The number of hydrogen-bond donors (Lipinski definition) is 0. The zero-order chi connectivity index (χ0) is 15.8. The molecule has 1 unspecified atom stereocenters. The summed E-state index contributed by atoms with van der Waals surface area (Å²) in [5.41, 5.74) is -3.41. The number of rotatable bonds is 11. The molecule has 0 fully saturated rings. The molecule has 1 atom stereocenters. The summed E-state index contributed by atoms with van der Waals surface area (Å²) >= 11 is 0. The van der Waals surface area contributed by atoms with Gasteiger partial charge in [-0.3, -0.25) is 35.1 Å². The number of nitrogens with zero attached hydrogens (tertiary/aromatic N) is 3. The van der Waals surface area contributed by atoms with Crippen molar-refractivity contribution in [2.75, 3.05) is 0 Å². The molecule has 0 bridgehead atoms. The van der Waals surface area contributed by atoms with Crippen LogP contribution in [0.15, 0.2) is 0 Å². The molecule has 0 rings (SSSR count). The van der Waals surface area contributed by atoms with Gasteiger partial charge < -0.3 is 0 Å². The van der Waals surface area contributed by atoms with Crippen LogP contribution in [0, 0.1) is 30.3 Å². The number of nitro groups is 3. The number of carbonyl (C=O) groups is 1. The van der Waals surface area contributed by atoms with E-state index in [1.807, 2.05) is 6.92 Å². The van der Waals surface area contributed by atoms with Crippen molar-refractivity contribution in [3.8, 4) is 0 Å². The van der Waals surface area contributed by atoms with E-state index in [1.165, 1.54) is 0 Å². The van der Waals surface area contributed by atoms with Crippen molar-refractivity contribution < 1.29 is 19.6 Å². The minimum Gasteiger partial charge on any atom is -0.287 e. The predicted octanol–water partition coefficient (Wildman–Crippen LogP) is 1.44. The van der Waals surface area contributed by atoms with Crippen molar-refractivity contribution in [2.45, 2.75) is 57.2 Å². The molecule has 0 aromatic heterocycles. The third-order valence-corrected chi connectivity index (χ3v) is 3.08. The van der Waals surface area contributed by atoms with Crippen LogP contribution >= 0.6 is 0 Å². The van der Waals surface area contributed by atoms with Gasteiger partial charge in [-0.05, 0) is 6.42 Å². The van der Waals surface area contributed by atoms with Gasteiger partial charge in [-0.25, -0.2) is 0 Å². The smallest absolute Gasteiger partial charge is 0.287 e. The van der Waals surface area contributed by atoms with Crippen LogP contribution in [0.5, 0.6) is 0 Å². The second-order valence-electron chi connectivity index (χ2n) is 4.42. The van der Waals surface area contributed by atoms with Gasteiger partial charge in [0.05, 0.1) is 0 Å². The van der Waals surface area contributed by atoms with Crippen LogP contribution in [0.3, 0.4) is 0 Å². The molecule has 10 heteroatoms. The van der Waals surface area contributed by atoms with Crippen molar-refractivity contribution in [2.24, 2.45) is 0 Å². The number of aldehydes is 1. The maximum Gasteiger partial charge on any atom is 0.577 e. The molecule has 0 aliphatic heterocycles. The van der Waals surface area contributed by atoms with Crippen LogP contribution < -0.4 is 0 Å². The second-order valence-corrected chi connectivity index (χ2v) is 4.42. The van der Waals surface area contributed by atoms with E-state index >= 15 is 0 Å². The van der Waals surface area contributed by atoms with Crippen molar-refractivity contribution in [1.82, 2.24) is 0 Å². The van der Waals surface area contributed by atoms with Gasteiger partial charge in [0.25, 0.3) is 6.29 Å². The maximum atomic E-state index is 10.9. The van der Waals surface area contributed by atoms with Crippen LogP contribution in [0.2, 0.25) is 0 Å². The van der Waals surface area contributed by atoms with E-state index in [4.69, 9.17) is 0 Å². The van der Waals surface area contributed by atoms with E-state index in [2.05, 4.69) is 0 Å². The first-order chi connectivity index (χ1) is 9.34. The molecule has 0 N–H and O–H groups in total. The highest BCUT2D eigenvalue weighted by Gasteiger charge is 2.70. The van der Waals surface area contributed by atoms with E-state index in [1.54, 1.807) is 0 Å². The van der Waals surface area contributed by atoms with E-state index in [0.717, 1.165) is 19.3 Å². The molecule has 0 aliphatic rings. The maximum absolute atomic E-state index is 10.9. The molecule has 0 aromatic carbocycles. The minimum absolute atomic E-state index is 0.225. The SMILES string of the molecule is CCCCCCCC([N+](=O)[O-])C(C=O)([N+](=O)[O-])[N+](=O)[O-]. The average Bonchev–Trinajstić information content (AvgIpc) is 2.36. The fourth-order valence-electron chi connectivity index (χ4n) is 1.89. The summed E-state index contributed by atoms with van der Waals surface area (Å²) < 4.78 is 0. The van der Waals surface area contributed by atoms with Crippen LogP contribution in [0.4, 0.5) is 0 Å². The summed E-state index contributed by atoms with van der Waals surface area (Å²) in [4.78, 5) is 39.2. The zero-order valence-corrected chi connectivity index (χ0v) is 11.1. The van der Waals surface area contributed by atoms with Gasteiger partial charge in [0.2, 0.25) is 0 Å². The lowest BCUT2D eigenvalue weighted by molar-refractivity contribution is -0.812. The van der Waals surface area contributed by atoms with E-state index < -0.39 is 32.8 Å². The third-order valence-electron chi connectivity index (χ3n) is 3.08. The van der Waals surface area contributed by atoms with Gasteiger partial charge in [-0.1, -0.05) is 32.6 Å².